The molecule has 0 radical (unpaired) electrons. The van der Waals surface area contributed by atoms with Crippen molar-refractivity contribution in [1.82, 2.24) is 5.01 Å². The van der Waals surface area contributed by atoms with E-state index in [4.69, 9.17) is 5.10 Å². The Bertz CT molecular complexity index is 1120. The maximum Gasteiger partial charge on any atom is 0.244 e. The van der Waals surface area contributed by atoms with Crippen LogP contribution in [0.25, 0.3) is 0 Å². The molecule has 0 fully saturated rings. The summed E-state index contributed by atoms with van der Waals surface area (Å²) in [5, 5.41) is 6.46. The van der Waals surface area contributed by atoms with Crippen LogP contribution in [0.3, 0.4) is 0 Å². The molecule has 2 heterocycles. The van der Waals surface area contributed by atoms with E-state index in [2.05, 4.69) is 79.4 Å². The van der Waals surface area contributed by atoms with Crippen molar-refractivity contribution in [2.75, 3.05) is 11.6 Å². The highest BCUT2D eigenvalue weighted by Gasteiger charge is 2.28. The van der Waals surface area contributed by atoms with Crippen LogP contribution in [0.1, 0.15) is 37.8 Å². The van der Waals surface area contributed by atoms with Gasteiger partial charge in [-0.05, 0) is 47.7 Å². The minimum absolute atomic E-state index is 0.0679. The molecule has 0 aromatic heterocycles. The van der Waals surface area contributed by atoms with Gasteiger partial charge in [-0.1, -0.05) is 74.1 Å². The predicted octanol–water partition coefficient (Wildman–Crippen LogP) is 6.47. The first-order valence-corrected chi connectivity index (χ1v) is 12.0. The van der Waals surface area contributed by atoms with E-state index in [1.54, 1.807) is 16.8 Å². The number of para-hydroxylation sites is 2. The van der Waals surface area contributed by atoms with Gasteiger partial charge in [-0.3, -0.25) is 4.79 Å². The van der Waals surface area contributed by atoms with Crippen LogP contribution < -0.4 is 4.90 Å². The van der Waals surface area contributed by atoms with Gasteiger partial charge in [0.25, 0.3) is 0 Å². The number of nitrogens with zero attached hydrogens (tertiary/aromatic N) is 3. The second kappa shape index (κ2) is 8.83. The summed E-state index contributed by atoms with van der Waals surface area (Å²) in [4.78, 5) is 17.4. The topological polar surface area (TPSA) is 35.9 Å². The highest BCUT2D eigenvalue weighted by Crippen LogP contribution is 2.47. The highest BCUT2D eigenvalue weighted by molar-refractivity contribution is 7.99. The maximum absolute atomic E-state index is 12.8. The second-order valence-corrected chi connectivity index (χ2v) is 9.83. The number of hydrazone groups is 1. The van der Waals surface area contributed by atoms with Crippen molar-refractivity contribution in [3.05, 3.63) is 83.9 Å². The van der Waals surface area contributed by atoms with Crippen molar-refractivity contribution in [1.29, 1.82) is 0 Å². The van der Waals surface area contributed by atoms with E-state index < -0.39 is 0 Å². The molecule has 0 atom stereocenters. The highest BCUT2D eigenvalue weighted by atomic mass is 32.2. The summed E-state index contributed by atoms with van der Waals surface area (Å²) < 4.78 is 0. The van der Waals surface area contributed by atoms with Crippen LogP contribution in [-0.4, -0.2) is 23.3 Å². The van der Waals surface area contributed by atoms with Gasteiger partial charge in [-0.15, -0.1) is 0 Å². The number of amides is 1. The molecule has 2 aliphatic rings. The van der Waals surface area contributed by atoms with Crippen molar-refractivity contribution >= 4 is 34.8 Å². The first kappa shape index (κ1) is 20.8. The van der Waals surface area contributed by atoms with Gasteiger partial charge in [0.2, 0.25) is 5.91 Å². The maximum atomic E-state index is 12.8. The van der Waals surface area contributed by atoms with Gasteiger partial charge in [-0.25, -0.2) is 5.01 Å². The van der Waals surface area contributed by atoms with Crippen LogP contribution >= 0.6 is 11.8 Å². The fourth-order valence-electron chi connectivity index (χ4n) is 4.29. The Labute approximate surface area is 193 Å². The normalized spacial score (nSPS) is 15.5. The summed E-state index contributed by atoms with van der Waals surface area (Å²) in [5.41, 5.74) is 5.65. The fourth-order valence-corrected chi connectivity index (χ4v) is 5.39. The summed E-state index contributed by atoms with van der Waals surface area (Å²) in [5.74, 6) is 0.702. The fraction of sp³-hybridized carbons (Fsp3) is 0.259. The minimum Gasteiger partial charge on any atom is -0.319 e. The Morgan fingerprint density at radius 3 is 2.12 bits per heavy atom. The lowest BCUT2D eigenvalue weighted by Gasteiger charge is -2.36. The van der Waals surface area contributed by atoms with E-state index in [1.807, 2.05) is 12.1 Å². The number of carbonyl (C=O) groups is 1. The molecule has 32 heavy (non-hydrogen) atoms. The van der Waals surface area contributed by atoms with Gasteiger partial charge in [-0.2, -0.15) is 5.10 Å². The molecule has 0 bridgehead atoms. The van der Waals surface area contributed by atoms with Gasteiger partial charge in [0, 0.05) is 22.6 Å². The van der Waals surface area contributed by atoms with Gasteiger partial charge in [0.1, 0.15) is 6.67 Å². The Balaban J connectivity index is 1.44. The third-order valence-corrected chi connectivity index (χ3v) is 6.97. The van der Waals surface area contributed by atoms with Crippen LogP contribution in [0, 0.1) is 5.92 Å². The standard InChI is InChI=1S/C27H27N3OS/c1-19(2)17-20-11-13-21(14-12-20)22-15-16-27(31)30(28-22)18-29-23-7-3-5-9-25(23)32-26-10-6-4-8-24(26)29/h3-14,19H,15-18H2,1-2H3. The molecule has 5 rings (SSSR count). The summed E-state index contributed by atoms with van der Waals surface area (Å²) >= 11 is 1.77. The zero-order chi connectivity index (χ0) is 22.1. The Morgan fingerprint density at radius 1 is 0.875 bits per heavy atom. The lowest BCUT2D eigenvalue weighted by molar-refractivity contribution is -0.131. The largest absolute Gasteiger partial charge is 0.319 e. The van der Waals surface area contributed by atoms with E-state index in [1.165, 1.54) is 15.4 Å². The lowest BCUT2D eigenvalue weighted by Crippen LogP contribution is -2.40. The molecular weight excluding hydrogens is 414 g/mol. The van der Waals surface area contributed by atoms with E-state index >= 15 is 0 Å². The first-order chi connectivity index (χ1) is 15.6. The Morgan fingerprint density at radius 2 is 1.50 bits per heavy atom. The molecule has 0 saturated carbocycles. The molecule has 5 heteroatoms. The molecule has 162 valence electrons. The molecule has 2 aliphatic heterocycles. The summed E-state index contributed by atoms with van der Waals surface area (Å²) in [6.07, 6.45) is 2.24. The SMILES string of the molecule is CC(C)Cc1ccc(C2=NN(CN3c4ccccc4Sc4ccccc43)C(=O)CC2)cc1. The number of fused-ring (bicyclic) bond motifs is 2. The molecule has 0 spiro atoms. The second-order valence-electron chi connectivity index (χ2n) is 8.74. The average molecular weight is 442 g/mol. The van der Waals surface area contributed by atoms with Crippen LogP contribution in [0.5, 0.6) is 0 Å². The zero-order valence-electron chi connectivity index (χ0n) is 18.5. The quantitative estimate of drug-likeness (QED) is 0.455. The molecule has 0 N–H and O–H groups in total. The van der Waals surface area contributed by atoms with Crippen molar-refractivity contribution in [3.8, 4) is 0 Å². The number of hydrogen-bond acceptors (Lipinski definition) is 4. The summed E-state index contributed by atoms with van der Waals surface area (Å²) in [6, 6.07) is 25.4. The third-order valence-electron chi connectivity index (χ3n) is 5.84. The van der Waals surface area contributed by atoms with Crippen molar-refractivity contribution in [3.63, 3.8) is 0 Å². The van der Waals surface area contributed by atoms with Crippen LogP contribution in [-0.2, 0) is 11.2 Å². The zero-order valence-corrected chi connectivity index (χ0v) is 19.3. The van der Waals surface area contributed by atoms with E-state index in [-0.39, 0.29) is 5.91 Å². The smallest absolute Gasteiger partial charge is 0.244 e. The lowest BCUT2D eigenvalue weighted by atomic mass is 9.99. The van der Waals surface area contributed by atoms with Gasteiger partial charge < -0.3 is 4.90 Å². The molecule has 0 unspecified atom stereocenters. The monoisotopic (exact) mass is 441 g/mol. The minimum atomic E-state index is 0.0679. The van der Waals surface area contributed by atoms with Crippen LogP contribution in [0.15, 0.2) is 87.7 Å². The van der Waals surface area contributed by atoms with E-state index in [9.17, 15) is 4.79 Å². The molecule has 4 nitrogen and oxygen atoms in total. The van der Waals surface area contributed by atoms with Gasteiger partial charge >= 0.3 is 0 Å². The van der Waals surface area contributed by atoms with E-state index in [0.29, 0.717) is 25.4 Å². The van der Waals surface area contributed by atoms with Crippen molar-refractivity contribution in [2.24, 2.45) is 11.0 Å². The van der Waals surface area contributed by atoms with Crippen molar-refractivity contribution in [2.45, 2.75) is 42.9 Å². The third kappa shape index (κ3) is 4.17. The average Bonchev–Trinajstić information content (AvgIpc) is 2.80. The van der Waals surface area contributed by atoms with Crippen molar-refractivity contribution < 1.29 is 4.79 Å². The molecule has 0 aliphatic carbocycles. The number of anilines is 2. The number of hydrogen-bond donors (Lipinski definition) is 0. The predicted molar refractivity (Wildman–Crippen MR) is 132 cm³/mol. The van der Waals surface area contributed by atoms with Crippen LogP contribution in [0.4, 0.5) is 11.4 Å². The Kier molecular flexibility index (Phi) is 5.75. The molecule has 1 amide bonds. The van der Waals surface area contributed by atoms with Crippen LogP contribution in [0.2, 0.25) is 0 Å². The summed E-state index contributed by atoms with van der Waals surface area (Å²) in [6.45, 7) is 4.87. The Hall–Kier alpha value is -3.05. The van der Waals surface area contributed by atoms with Gasteiger partial charge in [0.15, 0.2) is 0 Å². The first-order valence-electron chi connectivity index (χ1n) is 11.2. The summed E-state index contributed by atoms with van der Waals surface area (Å²) in [7, 11) is 0. The van der Waals surface area contributed by atoms with E-state index in [0.717, 1.165) is 29.1 Å². The number of carbonyl (C=O) groups excluding carboxylic acids is 1. The molecular formula is C27H27N3OS. The van der Waals surface area contributed by atoms with Gasteiger partial charge in [0.05, 0.1) is 17.1 Å². The molecule has 3 aromatic carbocycles. The number of benzene rings is 3. The molecule has 0 saturated heterocycles. The number of rotatable bonds is 5. The molecule has 3 aromatic rings.